The van der Waals surface area contributed by atoms with E-state index in [1.807, 2.05) is 43.5 Å². The molecule has 0 unspecified atom stereocenters. The Bertz CT molecular complexity index is 1100. The molecule has 6 nitrogen and oxygen atoms in total. The molecule has 0 saturated heterocycles. The molecule has 1 heterocycles. The molecule has 0 radical (unpaired) electrons. The zero-order chi connectivity index (χ0) is 23.3. The number of nitrogens with zero attached hydrogens (tertiary/aromatic N) is 3. The summed E-state index contributed by atoms with van der Waals surface area (Å²) in [4.78, 5) is 25.4. The maximum absolute atomic E-state index is 12.9. The molecule has 1 N–H and O–H groups in total. The third kappa shape index (κ3) is 5.71. The van der Waals surface area contributed by atoms with Gasteiger partial charge in [0.1, 0.15) is 0 Å². The fourth-order valence-electron chi connectivity index (χ4n) is 3.19. The highest BCUT2D eigenvalue weighted by Crippen LogP contribution is 2.27. The van der Waals surface area contributed by atoms with Crippen LogP contribution >= 0.6 is 35.0 Å². The number of rotatable bonds is 9. The van der Waals surface area contributed by atoms with Gasteiger partial charge in [-0.25, -0.2) is 0 Å². The van der Waals surface area contributed by atoms with Crippen molar-refractivity contribution in [3.05, 3.63) is 75.5 Å². The SMILES string of the molecule is CCn1c(SCC(=O)c2ccccc2)nnc1[C@H](NC(=O)c1ccc(Cl)cc1Cl)C(C)C. The van der Waals surface area contributed by atoms with Gasteiger partial charge in [-0.05, 0) is 31.0 Å². The van der Waals surface area contributed by atoms with E-state index in [-0.39, 0.29) is 34.4 Å². The minimum Gasteiger partial charge on any atom is -0.342 e. The smallest absolute Gasteiger partial charge is 0.253 e. The summed E-state index contributed by atoms with van der Waals surface area (Å²) in [5.74, 6) is 0.638. The van der Waals surface area contributed by atoms with E-state index in [2.05, 4.69) is 15.5 Å². The molecular formula is C23H24Cl2N4O2S. The van der Waals surface area contributed by atoms with Crippen molar-refractivity contribution in [3.63, 3.8) is 0 Å². The minimum atomic E-state index is -0.388. The van der Waals surface area contributed by atoms with Crippen molar-refractivity contribution in [2.45, 2.75) is 38.5 Å². The van der Waals surface area contributed by atoms with E-state index in [0.29, 0.717) is 33.7 Å². The van der Waals surface area contributed by atoms with Crippen LogP contribution in [0.2, 0.25) is 10.0 Å². The number of hydrogen-bond acceptors (Lipinski definition) is 5. The van der Waals surface area contributed by atoms with Crippen LogP contribution in [0.3, 0.4) is 0 Å². The van der Waals surface area contributed by atoms with E-state index in [9.17, 15) is 9.59 Å². The molecule has 32 heavy (non-hydrogen) atoms. The summed E-state index contributed by atoms with van der Waals surface area (Å²) < 4.78 is 1.93. The highest BCUT2D eigenvalue weighted by Gasteiger charge is 2.27. The Morgan fingerprint density at radius 1 is 1.09 bits per heavy atom. The van der Waals surface area contributed by atoms with Gasteiger partial charge >= 0.3 is 0 Å². The Labute approximate surface area is 201 Å². The Morgan fingerprint density at radius 3 is 2.44 bits per heavy atom. The summed E-state index contributed by atoms with van der Waals surface area (Å²) in [7, 11) is 0. The first-order valence-corrected chi connectivity index (χ1v) is 12.0. The van der Waals surface area contributed by atoms with Gasteiger partial charge < -0.3 is 9.88 Å². The monoisotopic (exact) mass is 490 g/mol. The van der Waals surface area contributed by atoms with Crippen LogP contribution in [0.25, 0.3) is 0 Å². The first kappa shape index (κ1) is 24.3. The van der Waals surface area contributed by atoms with Crippen LogP contribution < -0.4 is 5.32 Å². The van der Waals surface area contributed by atoms with Crippen LogP contribution in [-0.2, 0) is 6.54 Å². The lowest BCUT2D eigenvalue weighted by Crippen LogP contribution is -2.34. The minimum absolute atomic E-state index is 0.0221. The van der Waals surface area contributed by atoms with Crippen LogP contribution in [0.4, 0.5) is 0 Å². The van der Waals surface area contributed by atoms with Crippen LogP contribution in [-0.4, -0.2) is 32.2 Å². The van der Waals surface area contributed by atoms with Crippen molar-refractivity contribution in [2.24, 2.45) is 5.92 Å². The average Bonchev–Trinajstić information content (AvgIpc) is 3.18. The second kappa shape index (κ2) is 11.0. The second-order valence-corrected chi connectivity index (χ2v) is 9.27. The van der Waals surface area contributed by atoms with Crippen molar-refractivity contribution in [1.82, 2.24) is 20.1 Å². The first-order valence-electron chi connectivity index (χ1n) is 10.2. The molecule has 2 aromatic carbocycles. The molecule has 0 aliphatic rings. The average molecular weight is 491 g/mol. The quantitative estimate of drug-likeness (QED) is 0.307. The van der Waals surface area contributed by atoms with Crippen molar-refractivity contribution in [3.8, 4) is 0 Å². The van der Waals surface area contributed by atoms with Gasteiger partial charge in [-0.1, -0.05) is 79.1 Å². The number of halogens is 2. The number of Topliss-reactive ketones (excluding diaryl/α,β-unsaturated/α-hetero) is 1. The Balaban J connectivity index is 1.79. The summed E-state index contributed by atoms with van der Waals surface area (Å²) in [6.45, 7) is 6.57. The lowest BCUT2D eigenvalue weighted by atomic mass is 10.0. The molecule has 1 atom stereocenters. The molecule has 3 aromatic rings. The number of amides is 1. The fourth-order valence-corrected chi connectivity index (χ4v) is 4.59. The Hall–Kier alpha value is -2.35. The van der Waals surface area contributed by atoms with Crippen molar-refractivity contribution < 1.29 is 9.59 Å². The molecule has 0 bridgehead atoms. The number of benzene rings is 2. The highest BCUT2D eigenvalue weighted by atomic mass is 35.5. The zero-order valence-corrected chi connectivity index (χ0v) is 20.3. The predicted molar refractivity (Wildman–Crippen MR) is 129 cm³/mol. The summed E-state index contributed by atoms with van der Waals surface area (Å²) in [6.07, 6.45) is 0. The summed E-state index contributed by atoms with van der Waals surface area (Å²) in [6, 6.07) is 13.5. The maximum Gasteiger partial charge on any atom is 0.253 e. The predicted octanol–water partition coefficient (Wildman–Crippen LogP) is 5.71. The van der Waals surface area contributed by atoms with E-state index in [4.69, 9.17) is 23.2 Å². The van der Waals surface area contributed by atoms with Gasteiger partial charge in [-0.3, -0.25) is 9.59 Å². The van der Waals surface area contributed by atoms with E-state index >= 15 is 0 Å². The van der Waals surface area contributed by atoms with E-state index in [0.717, 1.165) is 0 Å². The lowest BCUT2D eigenvalue weighted by molar-refractivity contribution is 0.0921. The molecule has 9 heteroatoms. The van der Waals surface area contributed by atoms with Crippen LogP contribution in [0, 0.1) is 5.92 Å². The van der Waals surface area contributed by atoms with Crippen molar-refractivity contribution in [2.75, 3.05) is 5.75 Å². The Kier molecular flexibility index (Phi) is 8.34. The zero-order valence-electron chi connectivity index (χ0n) is 18.0. The number of carbonyl (C=O) groups excluding carboxylic acids is 2. The first-order chi connectivity index (χ1) is 15.3. The molecule has 0 aliphatic carbocycles. The number of hydrogen-bond donors (Lipinski definition) is 1. The molecule has 1 amide bonds. The number of carbonyl (C=O) groups is 2. The van der Waals surface area contributed by atoms with Crippen LogP contribution in [0.1, 0.15) is 53.4 Å². The van der Waals surface area contributed by atoms with E-state index < -0.39 is 0 Å². The van der Waals surface area contributed by atoms with Gasteiger partial charge in [0.15, 0.2) is 16.8 Å². The molecule has 3 rings (SSSR count). The summed E-state index contributed by atoms with van der Waals surface area (Å²) in [5, 5.41) is 13.1. The summed E-state index contributed by atoms with van der Waals surface area (Å²) in [5.41, 5.74) is 1.00. The number of ketones is 1. The van der Waals surface area contributed by atoms with Crippen molar-refractivity contribution >= 4 is 46.7 Å². The molecule has 0 spiro atoms. The Morgan fingerprint density at radius 2 is 1.81 bits per heavy atom. The standard InChI is InChI=1S/C23H24Cl2N4O2S/c1-4-29-21(27-28-23(29)32-13-19(30)15-8-6-5-7-9-15)20(14(2)3)26-22(31)17-11-10-16(24)12-18(17)25/h5-12,14,20H,4,13H2,1-3H3,(H,26,31)/t20-/m1/s1. The van der Waals surface area contributed by atoms with Crippen LogP contribution in [0.5, 0.6) is 0 Å². The number of nitrogens with one attached hydrogen (secondary N) is 1. The van der Waals surface area contributed by atoms with Gasteiger partial charge in [0.25, 0.3) is 5.91 Å². The molecule has 168 valence electrons. The largest absolute Gasteiger partial charge is 0.342 e. The maximum atomic E-state index is 12.9. The summed E-state index contributed by atoms with van der Waals surface area (Å²) >= 11 is 13.5. The fraction of sp³-hybridized carbons (Fsp3) is 0.304. The van der Waals surface area contributed by atoms with Gasteiger partial charge in [0.05, 0.1) is 22.4 Å². The molecule has 0 saturated carbocycles. The lowest BCUT2D eigenvalue weighted by Gasteiger charge is -2.22. The third-order valence-corrected chi connectivity index (χ3v) is 6.41. The van der Waals surface area contributed by atoms with Gasteiger partial charge in [-0.2, -0.15) is 0 Å². The van der Waals surface area contributed by atoms with Gasteiger partial charge in [-0.15, -0.1) is 10.2 Å². The number of aromatic nitrogens is 3. The van der Waals surface area contributed by atoms with E-state index in [1.165, 1.54) is 17.8 Å². The van der Waals surface area contributed by atoms with Gasteiger partial charge in [0, 0.05) is 17.1 Å². The molecule has 1 aromatic heterocycles. The molecular weight excluding hydrogens is 467 g/mol. The highest BCUT2D eigenvalue weighted by molar-refractivity contribution is 7.99. The number of thioether (sulfide) groups is 1. The third-order valence-electron chi connectivity index (χ3n) is 4.90. The molecule has 0 fully saturated rings. The topological polar surface area (TPSA) is 76.9 Å². The van der Waals surface area contributed by atoms with Crippen LogP contribution in [0.15, 0.2) is 53.7 Å². The van der Waals surface area contributed by atoms with Gasteiger partial charge in [0.2, 0.25) is 0 Å². The second-order valence-electron chi connectivity index (χ2n) is 7.48. The van der Waals surface area contributed by atoms with E-state index in [1.54, 1.807) is 24.3 Å². The molecule has 0 aliphatic heterocycles. The van der Waals surface area contributed by atoms with Crippen molar-refractivity contribution in [1.29, 1.82) is 0 Å². The normalized spacial score (nSPS) is 12.1.